The smallest absolute Gasteiger partial charge is 0.321 e. The number of nitrogens with one attached hydrogen (secondary N) is 2. The van der Waals surface area contributed by atoms with Gasteiger partial charge in [-0.15, -0.1) is 11.3 Å². The first-order valence-corrected chi connectivity index (χ1v) is 9.36. The molecule has 1 aromatic carbocycles. The van der Waals surface area contributed by atoms with Gasteiger partial charge in [0.05, 0.1) is 15.2 Å². The number of fused-ring (bicyclic) bond motifs is 1. The van der Waals surface area contributed by atoms with Gasteiger partial charge in [0.2, 0.25) is 0 Å². The fraction of sp³-hybridized carbons (Fsp3) is 0.444. The Kier molecular flexibility index (Phi) is 7.53. The Morgan fingerprint density at radius 2 is 1.96 bits per heavy atom. The topological polar surface area (TPSA) is 97.4 Å². The first-order valence-electron chi connectivity index (χ1n) is 8.54. The van der Waals surface area contributed by atoms with Gasteiger partial charge >= 0.3 is 12.0 Å². The lowest BCUT2D eigenvalue weighted by atomic mass is 10.2. The van der Waals surface area contributed by atoms with E-state index in [0.29, 0.717) is 6.42 Å². The SMILES string of the molecule is CC(C)NC(=O)NC(=O)COC(=O)CCCCc1nc2ccccc2s1. The van der Waals surface area contributed by atoms with Crippen LogP contribution in [0, 0.1) is 0 Å². The standard InChI is InChI=1S/C18H23N3O4S/c1-12(2)19-18(24)21-15(22)11-25-17(23)10-6-5-9-16-20-13-7-3-4-8-14(13)26-16/h3-4,7-8,12H,5-6,9-11H2,1-2H3,(H2,19,21,22,24). The van der Waals surface area contributed by atoms with E-state index in [0.717, 1.165) is 28.1 Å². The van der Waals surface area contributed by atoms with Gasteiger partial charge in [-0.05, 0) is 45.2 Å². The fourth-order valence-corrected chi connectivity index (χ4v) is 3.26. The molecule has 0 radical (unpaired) electrons. The Balaban J connectivity index is 1.60. The number of hydrogen-bond donors (Lipinski definition) is 2. The van der Waals surface area contributed by atoms with Crippen molar-refractivity contribution in [2.24, 2.45) is 0 Å². The number of para-hydroxylation sites is 1. The summed E-state index contributed by atoms with van der Waals surface area (Å²) in [7, 11) is 0. The normalized spacial score (nSPS) is 10.7. The van der Waals surface area contributed by atoms with Crippen LogP contribution in [0.25, 0.3) is 10.2 Å². The number of nitrogens with zero attached hydrogens (tertiary/aromatic N) is 1. The number of carbonyl (C=O) groups excluding carboxylic acids is 3. The lowest BCUT2D eigenvalue weighted by Gasteiger charge is -2.09. The van der Waals surface area contributed by atoms with E-state index >= 15 is 0 Å². The van der Waals surface area contributed by atoms with Gasteiger partial charge in [-0.2, -0.15) is 0 Å². The molecule has 0 saturated heterocycles. The minimum atomic E-state index is -0.647. The van der Waals surface area contributed by atoms with E-state index in [4.69, 9.17) is 4.74 Å². The number of benzene rings is 1. The third-order valence-electron chi connectivity index (χ3n) is 3.40. The largest absolute Gasteiger partial charge is 0.456 e. The highest BCUT2D eigenvalue weighted by atomic mass is 32.1. The van der Waals surface area contributed by atoms with Crippen molar-refractivity contribution >= 4 is 39.5 Å². The van der Waals surface area contributed by atoms with Crippen LogP contribution in [0.15, 0.2) is 24.3 Å². The average molecular weight is 377 g/mol. The molecule has 0 spiro atoms. The molecular formula is C18H23N3O4S. The second kappa shape index (κ2) is 9.86. The summed E-state index contributed by atoms with van der Waals surface area (Å²) in [5.74, 6) is -1.10. The molecule has 2 aromatic rings. The molecule has 0 aliphatic rings. The minimum absolute atomic E-state index is 0.0826. The quantitative estimate of drug-likeness (QED) is 0.545. The molecule has 0 saturated carbocycles. The molecule has 3 amide bonds. The summed E-state index contributed by atoms with van der Waals surface area (Å²) in [6, 6.07) is 7.30. The molecule has 0 bridgehead atoms. The lowest BCUT2D eigenvalue weighted by molar-refractivity contribution is -0.148. The molecule has 26 heavy (non-hydrogen) atoms. The third kappa shape index (κ3) is 6.79. The van der Waals surface area contributed by atoms with E-state index < -0.39 is 24.5 Å². The van der Waals surface area contributed by atoms with E-state index in [-0.39, 0.29) is 12.5 Å². The van der Waals surface area contributed by atoms with Crippen LogP contribution >= 0.6 is 11.3 Å². The number of rotatable bonds is 8. The Morgan fingerprint density at radius 3 is 2.69 bits per heavy atom. The van der Waals surface area contributed by atoms with Crippen LogP contribution in [0.5, 0.6) is 0 Å². The van der Waals surface area contributed by atoms with Crippen LogP contribution in [-0.2, 0) is 20.7 Å². The maximum atomic E-state index is 11.6. The monoisotopic (exact) mass is 377 g/mol. The lowest BCUT2D eigenvalue weighted by Crippen LogP contribution is -2.44. The summed E-state index contributed by atoms with van der Waals surface area (Å²) in [6.45, 7) is 3.10. The van der Waals surface area contributed by atoms with Gasteiger partial charge in [-0.3, -0.25) is 14.9 Å². The first kappa shape index (κ1) is 19.8. The molecule has 1 heterocycles. The molecule has 0 atom stereocenters. The van der Waals surface area contributed by atoms with Crippen molar-refractivity contribution in [1.29, 1.82) is 0 Å². The first-order chi connectivity index (χ1) is 12.4. The van der Waals surface area contributed by atoms with Gasteiger partial charge in [-0.1, -0.05) is 12.1 Å². The van der Waals surface area contributed by atoms with Crippen molar-refractivity contribution in [3.63, 3.8) is 0 Å². The number of ether oxygens (including phenoxy) is 1. The number of urea groups is 1. The molecule has 0 aliphatic heterocycles. The zero-order chi connectivity index (χ0) is 18.9. The van der Waals surface area contributed by atoms with Crippen LogP contribution in [0.1, 0.15) is 38.1 Å². The fourth-order valence-electron chi connectivity index (χ4n) is 2.25. The summed E-state index contributed by atoms with van der Waals surface area (Å²) in [4.78, 5) is 39.0. The van der Waals surface area contributed by atoms with Gasteiger partial charge in [0, 0.05) is 12.5 Å². The average Bonchev–Trinajstić information content (AvgIpc) is 2.99. The molecule has 2 N–H and O–H groups in total. The zero-order valence-electron chi connectivity index (χ0n) is 14.9. The van der Waals surface area contributed by atoms with Crippen molar-refractivity contribution in [3.8, 4) is 0 Å². The maximum absolute atomic E-state index is 11.6. The predicted octanol–water partition coefficient (Wildman–Crippen LogP) is 2.79. The van der Waals surface area contributed by atoms with Crippen molar-refractivity contribution in [2.45, 2.75) is 45.6 Å². The number of aryl methyl sites for hydroxylation is 1. The van der Waals surface area contributed by atoms with Crippen LogP contribution in [0.4, 0.5) is 4.79 Å². The predicted molar refractivity (Wildman–Crippen MR) is 99.9 cm³/mol. The second-order valence-corrected chi connectivity index (χ2v) is 7.23. The van der Waals surface area contributed by atoms with Crippen molar-refractivity contribution in [1.82, 2.24) is 15.6 Å². The van der Waals surface area contributed by atoms with E-state index in [1.165, 1.54) is 0 Å². The zero-order valence-corrected chi connectivity index (χ0v) is 15.7. The highest BCUT2D eigenvalue weighted by molar-refractivity contribution is 7.18. The van der Waals surface area contributed by atoms with Gasteiger partial charge in [0.15, 0.2) is 6.61 Å². The number of aromatic nitrogens is 1. The van der Waals surface area contributed by atoms with Gasteiger partial charge in [0.25, 0.3) is 5.91 Å². The summed E-state index contributed by atoms with van der Waals surface area (Å²) in [5.41, 5.74) is 0.999. The molecule has 140 valence electrons. The van der Waals surface area contributed by atoms with E-state index in [2.05, 4.69) is 15.6 Å². The second-order valence-electron chi connectivity index (χ2n) is 6.12. The molecule has 1 aromatic heterocycles. The minimum Gasteiger partial charge on any atom is -0.456 e. The summed E-state index contributed by atoms with van der Waals surface area (Å²) in [5, 5.41) is 5.66. The molecule has 8 heteroatoms. The highest BCUT2D eigenvalue weighted by Crippen LogP contribution is 2.22. The number of amides is 3. The van der Waals surface area contributed by atoms with Gasteiger partial charge in [-0.25, -0.2) is 9.78 Å². The van der Waals surface area contributed by atoms with Crippen molar-refractivity contribution in [2.75, 3.05) is 6.61 Å². The van der Waals surface area contributed by atoms with Gasteiger partial charge in [0.1, 0.15) is 0 Å². The molecule has 0 fully saturated rings. The number of esters is 1. The summed E-state index contributed by atoms with van der Waals surface area (Å²) >= 11 is 1.66. The summed E-state index contributed by atoms with van der Waals surface area (Å²) in [6.07, 6.45) is 2.51. The number of carbonyl (C=O) groups is 3. The van der Waals surface area contributed by atoms with E-state index in [9.17, 15) is 14.4 Å². The number of unbranched alkanes of at least 4 members (excludes halogenated alkanes) is 1. The Bertz CT molecular complexity index is 740. The maximum Gasteiger partial charge on any atom is 0.321 e. The molecular weight excluding hydrogens is 354 g/mol. The Labute approximate surface area is 156 Å². The third-order valence-corrected chi connectivity index (χ3v) is 4.49. The molecule has 2 rings (SSSR count). The van der Waals surface area contributed by atoms with Crippen molar-refractivity contribution in [3.05, 3.63) is 29.3 Å². The van der Waals surface area contributed by atoms with E-state index in [1.807, 2.05) is 24.3 Å². The number of imide groups is 1. The van der Waals surface area contributed by atoms with Crippen molar-refractivity contribution < 1.29 is 19.1 Å². The Morgan fingerprint density at radius 1 is 1.19 bits per heavy atom. The molecule has 0 unspecified atom stereocenters. The van der Waals surface area contributed by atoms with Crippen LogP contribution in [0.3, 0.4) is 0 Å². The van der Waals surface area contributed by atoms with Crippen LogP contribution in [0.2, 0.25) is 0 Å². The number of thiazole rings is 1. The van der Waals surface area contributed by atoms with Crippen LogP contribution < -0.4 is 10.6 Å². The highest BCUT2D eigenvalue weighted by Gasteiger charge is 2.11. The summed E-state index contributed by atoms with van der Waals surface area (Å²) < 4.78 is 6.03. The molecule has 0 aliphatic carbocycles. The number of hydrogen-bond acceptors (Lipinski definition) is 6. The van der Waals surface area contributed by atoms with E-state index in [1.54, 1.807) is 25.2 Å². The van der Waals surface area contributed by atoms with Gasteiger partial charge < -0.3 is 10.1 Å². The van der Waals surface area contributed by atoms with Crippen LogP contribution in [-0.4, -0.2) is 35.5 Å². The molecule has 7 nitrogen and oxygen atoms in total. The Hall–Kier alpha value is -2.48.